The molecular formula is C21H20Cl2N2O3S. The summed E-state index contributed by atoms with van der Waals surface area (Å²) in [5.74, 6) is 2.16. The van der Waals surface area contributed by atoms with Crippen molar-refractivity contribution >= 4 is 49.8 Å². The van der Waals surface area contributed by atoms with Crippen LogP contribution in [0.5, 0.6) is 5.75 Å². The van der Waals surface area contributed by atoms with Gasteiger partial charge in [0, 0.05) is 17.6 Å². The van der Waals surface area contributed by atoms with Crippen molar-refractivity contribution in [1.82, 2.24) is 4.98 Å². The minimum Gasteiger partial charge on any atom is -0.490 e. The molecule has 152 valence electrons. The lowest BCUT2D eigenvalue weighted by molar-refractivity contribution is 0.204. The molecule has 0 amide bonds. The highest BCUT2D eigenvalue weighted by Crippen LogP contribution is 2.47. The maximum absolute atomic E-state index is 13.0. The average molecular weight is 451 g/mol. The van der Waals surface area contributed by atoms with Gasteiger partial charge in [0.15, 0.2) is 0 Å². The summed E-state index contributed by atoms with van der Waals surface area (Å²) in [5, 5.41) is 1.48. The summed E-state index contributed by atoms with van der Waals surface area (Å²) in [6.07, 6.45) is 6.48. The number of fused-ring (bicyclic) bond motifs is 2. The lowest BCUT2D eigenvalue weighted by atomic mass is 9.77. The van der Waals surface area contributed by atoms with Gasteiger partial charge in [-0.1, -0.05) is 29.3 Å². The van der Waals surface area contributed by atoms with Crippen LogP contribution < -0.4 is 9.46 Å². The Kier molecular flexibility index (Phi) is 4.68. The first-order valence-corrected chi connectivity index (χ1v) is 11.9. The zero-order valence-electron chi connectivity index (χ0n) is 15.5. The van der Waals surface area contributed by atoms with Crippen molar-refractivity contribution in [2.75, 3.05) is 4.72 Å². The smallest absolute Gasteiger partial charge is 0.262 e. The van der Waals surface area contributed by atoms with Crippen molar-refractivity contribution in [3.63, 3.8) is 0 Å². The van der Waals surface area contributed by atoms with Gasteiger partial charge in [-0.2, -0.15) is 0 Å². The van der Waals surface area contributed by atoms with Gasteiger partial charge >= 0.3 is 0 Å². The molecule has 0 bridgehead atoms. The molecular weight excluding hydrogens is 431 g/mol. The van der Waals surface area contributed by atoms with Gasteiger partial charge in [-0.05, 0) is 61.8 Å². The Morgan fingerprint density at radius 3 is 2.52 bits per heavy atom. The van der Waals surface area contributed by atoms with E-state index in [1.165, 1.54) is 12.8 Å². The molecule has 2 N–H and O–H groups in total. The molecule has 1 unspecified atom stereocenters. The molecule has 0 radical (unpaired) electrons. The molecule has 0 aliphatic heterocycles. The Bertz CT molecular complexity index is 1180. The quantitative estimate of drug-likeness (QED) is 0.512. The highest BCUT2D eigenvalue weighted by Gasteiger charge is 2.41. The zero-order chi connectivity index (χ0) is 20.2. The molecule has 8 heteroatoms. The average Bonchev–Trinajstić information content (AvgIpc) is 3.19. The number of sulfonamides is 1. The summed E-state index contributed by atoms with van der Waals surface area (Å²) in [6, 6.07) is 9.89. The molecule has 2 aliphatic rings. The largest absolute Gasteiger partial charge is 0.490 e. The van der Waals surface area contributed by atoms with Gasteiger partial charge in [0.2, 0.25) is 0 Å². The molecule has 5 rings (SSSR count). The van der Waals surface area contributed by atoms with Gasteiger partial charge in [0.1, 0.15) is 5.75 Å². The topological polar surface area (TPSA) is 71.2 Å². The summed E-state index contributed by atoms with van der Waals surface area (Å²) >= 11 is 12.3. The number of hydrogen-bond acceptors (Lipinski definition) is 3. The third-order valence-corrected chi connectivity index (χ3v) is 8.08. The molecule has 2 saturated carbocycles. The van der Waals surface area contributed by atoms with Crippen LogP contribution in [0.15, 0.2) is 47.5 Å². The maximum atomic E-state index is 13.0. The number of ether oxygens (including phenoxy) is 1. The van der Waals surface area contributed by atoms with E-state index in [0.717, 1.165) is 24.7 Å². The lowest BCUT2D eigenvalue weighted by Gasteiger charge is -2.28. The van der Waals surface area contributed by atoms with Crippen LogP contribution in [-0.4, -0.2) is 19.5 Å². The van der Waals surface area contributed by atoms with E-state index < -0.39 is 10.0 Å². The number of anilines is 1. The standard InChI is InChI=1S/C21H20Cl2N2O3S/c22-17-6-7-19(21-20(17)18(23)11-24-21)25-29(26,27)16-3-1-2-14(10-16)28-15-8-12-4-5-13(12)9-15/h1-3,6-7,10-13,15,24-25H,4-5,8-9H2/t12-,13+,15?. The molecule has 2 aromatic carbocycles. The number of H-pyrrole nitrogens is 1. The number of aromatic amines is 1. The fourth-order valence-corrected chi connectivity index (χ4v) is 6.16. The highest BCUT2D eigenvalue weighted by molar-refractivity contribution is 7.92. The summed E-state index contributed by atoms with van der Waals surface area (Å²) in [5.41, 5.74) is 0.926. The number of rotatable bonds is 5. The minimum absolute atomic E-state index is 0.150. The Morgan fingerprint density at radius 2 is 1.79 bits per heavy atom. The second-order valence-electron chi connectivity index (χ2n) is 7.87. The van der Waals surface area contributed by atoms with Crippen LogP contribution in [0.25, 0.3) is 10.9 Å². The first-order chi connectivity index (χ1) is 13.9. The second kappa shape index (κ2) is 7.11. The number of halogens is 2. The molecule has 2 aliphatic carbocycles. The van der Waals surface area contributed by atoms with Gasteiger partial charge in [-0.3, -0.25) is 4.72 Å². The molecule has 29 heavy (non-hydrogen) atoms. The van der Waals surface area contributed by atoms with Crippen LogP contribution >= 0.6 is 23.2 Å². The fourth-order valence-electron chi connectivity index (χ4n) is 4.49. The molecule has 0 saturated heterocycles. The van der Waals surface area contributed by atoms with Crippen LogP contribution in [-0.2, 0) is 10.0 Å². The van der Waals surface area contributed by atoms with Gasteiger partial charge in [-0.25, -0.2) is 8.42 Å². The van der Waals surface area contributed by atoms with E-state index in [9.17, 15) is 8.42 Å². The van der Waals surface area contributed by atoms with Gasteiger partial charge in [-0.15, -0.1) is 0 Å². The van der Waals surface area contributed by atoms with E-state index in [0.29, 0.717) is 32.4 Å². The van der Waals surface area contributed by atoms with E-state index in [4.69, 9.17) is 27.9 Å². The molecule has 1 aromatic heterocycles. The molecule has 1 heterocycles. The Morgan fingerprint density at radius 1 is 1.03 bits per heavy atom. The van der Waals surface area contributed by atoms with Gasteiger partial charge in [0.05, 0.1) is 32.2 Å². The fraction of sp³-hybridized carbons (Fsp3) is 0.333. The first kappa shape index (κ1) is 19.1. The predicted molar refractivity (Wildman–Crippen MR) is 115 cm³/mol. The predicted octanol–water partition coefficient (Wildman–Crippen LogP) is 5.84. The molecule has 3 aromatic rings. The summed E-state index contributed by atoms with van der Waals surface area (Å²) in [7, 11) is -3.81. The van der Waals surface area contributed by atoms with Crippen molar-refractivity contribution in [2.24, 2.45) is 11.8 Å². The third kappa shape index (κ3) is 3.47. The van der Waals surface area contributed by atoms with Crippen molar-refractivity contribution in [2.45, 2.75) is 36.7 Å². The molecule has 2 fully saturated rings. The summed E-state index contributed by atoms with van der Waals surface area (Å²) < 4.78 is 34.7. The van der Waals surface area contributed by atoms with Crippen molar-refractivity contribution in [3.05, 3.63) is 52.6 Å². The third-order valence-electron chi connectivity index (χ3n) is 6.11. The molecule has 5 nitrogen and oxygen atoms in total. The molecule has 3 atom stereocenters. The second-order valence-corrected chi connectivity index (χ2v) is 10.4. The van der Waals surface area contributed by atoms with Gasteiger partial charge in [0.25, 0.3) is 10.0 Å². The monoisotopic (exact) mass is 450 g/mol. The first-order valence-electron chi connectivity index (χ1n) is 9.65. The normalized spacial score (nSPS) is 23.6. The Hall–Kier alpha value is -1.89. The van der Waals surface area contributed by atoms with E-state index in [2.05, 4.69) is 9.71 Å². The van der Waals surface area contributed by atoms with Crippen LogP contribution in [0.2, 0.25) is 10.0 Å². The van der Waals surface area contributed by atoms with Crippen molar-refractivity contribution in [3.8, 4) is 5.75 Å². The van der Waals surface area contributed by atoms with Crippen LogP contribution in [0, 0.1) is 11.8 Å². The van der Waals surface area contributed by atoms with Crippen LogP contribution in [0.3, 0.4) is 0 Å². The zero-order valence-corrected chi connectivity index (χ0v) is 17.8. The van der Waals surface area contributed by atoms with E-state index in [1.54, 1.807) is 36.5 Å². The van der Waals surface area contributed by atoms with Crippen LogP contribution in [0.4, 0.5) is 5.69 Å². The van der Waals surface area contributed by atoms with E-state index in [1.807, 2.05) is 6.07 Å². The van der Waals surface area contributed by atoms with Crippen LogP contribution in [0.1, 0.15) is 25.7 Å². The highest BCUT2D eigenvalue weighted by atomic mass is 35.5. The van der Waals surface area contributed by atoms with Gasteiger partial charge < -0.3 is 9.72 Å². The number of benzene rings is 2. The molecule has 0 spiro atoms. The minimum atomic E-state index is -3.81. The summed E-state index contributed by atoms with van der Waals surface area (Å²) in [4.78, 5) is 3.13. The Labute approximate surface area is 179 Å². The number of aromatic nitrogens is 1. The number of nitrogens with one attached hydrogen (secondary N) is 2. The summed E-state index contributed by atoms with van der Waals surface area (Å²) in [6.45, 7) is 0. The number of hydrogen-bond donors (Lipinski definition) is 2. The van der Waals surface area contributed by atoms with Crippen molar-refractivity contribution < 1.29 is 13.2 Å². The lowest BCUT2D eigenvalue weighted by Crippen LogP contribution is -2.18. The maximum Gasteiger partial charge on any atom is 0.262 e. The van der Waals surface area contributed by atoms with Crippen molar-refractivity contribution in [1.29, 1.82) is 0 Å². The SMILES string of the molecule is O=S(=O)(Nc1ccc(Cl)c2c(Cl)c[nH]c12)c1cccc(OC2C[C@H]3CC[C@H]3C2)c1. The van der Waals surface area contributed by atoms with E-state index >= 15 is 0 Å². The Balaban J connectivity index is 1.40. The van der Waals surface area contributed by atoms with E-state index in [-0.39, 0.29) is 11.0 Å².